The molecule has 1 atom stereocenters. The predicted molar refractivity (Wildman–Crippen MR) is 63.1 cm³/mol. The molecule has 1 saturated carbocycles. The van der Waals surface area contributed by atoms with Gasteiger partial charge in [-0.2, -0.15) is 0 Å². The van der Waals surface area contributed by atoms with Gasteiger partial charge in [-0.1, -0.05) is 13.3 Å². The molecule has 2 rings (SSSR count). The van der Waals surface area contributed by atoms with Crippen molar-refractivity contribution >= 4 is 0 Å². The van der Waals surface area contributed by atoms with Crippen LogP contribution in [0.25, 0.3) is 0 Å². The molecular formula is C12H21N3O. The minimum Gasteiger partial charge on any atom is -0.392 e. The highest BCUT2D eigenvalue weighted by molar-refractivity contribution is 5.03. The summed E-state index contributed by atoms with van der Waals surface area (Å²) in [5.41, 5.74) is 1.23. The molecule has 1 aromatic rings. The van der Waals surface area contributed by atoms with Gasteiger partial charge in [0.05, 0.1) is 18.1 Å². The van der Waals surface area contributed by atoms with E-state index in [4.69, 9.17) is 0 Å². The lowest BCUT2D eigenvalue weighted by atomic mass is 10.2. The van der Waals surface area contributed by atoms with Crippen molar-refractivity contribution in [3.63, 3.8) is 0 Å². The van der Waals surface area contributed by atoms with Crippen LogP contribution in [-0.2, 0) is 6.54 Å². The summed E-state index contributed by atoms with van der Waals surface area (Å²) in [4.78, 5) is 4.18. The van der Waals surface area contributed by atoms with Gasteiger partial charge in [0.2, 0.25) is 0 Å². The highest BCUT2D eigenvalue weighted by Gasteiger charge is 2.24. The van der Waals surface area contributed by atoms with Crippen LogP contribution in [0.4, 0.5) is 0 Å². The van der Waals surface area contributed by atoms with Crippen molar-refractivity contribution in [2.75, 3.05) is 6.54 Å². The van der Waals surface area contributed by atoms with Crippen molar-refractivity contribution in [1.29, 1.82) is 0 Å². The first-order chi connectivity index (χ1) is 7.81. The van der Waals surface area contributed by atoms with Crippen molar-refractivity contribution in [3.05, 3.63) is 18.2 Å². The zero-order valence-corrected chi connectivity index (χ0v) is 9.89. The molecule has 1 heterocycles. The minimum atomic E-state index is -0.220. The molecule has 1 fully saturated rings. The third-order valence-electron chi connectivity index (χ3n) is 2.99. The molecular weight excluding hydrogens is 202 g/mol. The van der Waals surface area contributed by atoms with Gasteiger partial charge >= 0.3 is 0 Å². The van der Waals surface area contributed by atoms with E-state index in [2.05, 4.69) is 21.8 Å². The summed E-state index contributed by atoms with van der Waals surface area (Å²) < 4.78 is 2.25. The molecule has 90 valence electrons. The Morgan fingerprint density at radius 3 is 3.12 bits per heavy atom. The van der Waals surface area contributed by atoms with Crippen molar-refractivity contribution in [2.24, 2.45) is 0 Å². The molecule has 1 unspecified atom stereocenters. The summed E-state index contributed by atoms with van der Waals surface area (Å²) in [6, 6.07) is 0.680. The van der Waals surface area contributed by atoms with E-state index in [1.165, 1.54) is 18.5 Å². The molecule has 2 N–H and O–H groups in total. The number of nitrogens with one attached hydrogen (secondary N) is 1. The van der Waals surface area contributed by atoms with Crippen LogP contribution < -0.4 is 5.32 Å². The van der Waals surface area contributed by atoms with Gasteiger partial charge < -0.3 is 15.0 Å². The van der Waals surface area contributed by atoms with Gasteiger partial charge in [-0.3, -0.25) is 0 Å². The van der Waals surface area contributed by atoms with Crippen LogP contribution in [0.15, 0.2) is 12.5 Å². The average Bonchev–Trinajstić information content (AvgIpc) is 3.00. The third kappa shape index (κ3) is 3.06. The van der Waals surface area contributed by atoms with E-state index >= 15 is 0 Å². The summed E-state index contributed by atoms with van der Waals surface area (Å²) in [5.74, 6) is 0. The van der Waals surface area contributed by atoms with Crippen LogP contribution >= 0.6 is 0 Å². The normalized spacial score (nSPS) is 17.6. The first-order valence-electron chi connectivity index (χ1n) is 6.20. The smallest absolute Gasteiger partial charge is 0.0951 e. The third-order valence-corrected chi connectivity index (χ3v) is 2.99. The molecule has 0 bridgehead atoms. The highest BCUT2D eigenvalue weighted by Crippen LogP contribution is 2.35. The Bertz CT molecular complexity index is 320. The number of hydrogen-bond donors (Lipinski definition) is 2. The van der Waals surface area contributed by atoms with Crippen LogP contribution in [0.3, 0.4) is 0 Å². The van der Waals surface area contributed by atoms with Crippen molar-refractivity contribution in [2.45, 2.75) is 51.3 Å². The van der Waals surface area contributed by atoms with E-state index in [9.17, 15) is 5.11 Å². The molecule has 0 saturated heterocycles. The van der Waals surface area contributed by atoms with Gasteiger partial charge in [-0.05, 0) is 19.3 Å². The summed E-state index contributed by atoms with van der Waals surface area (Å²) in [6.07, 6.45) is 8.07. The Morgan fingerprint density at radius 1 is 1.62 bits per heavy atom. The second-order valence-electron chi connectivity index (χ2n) is 4.60. The SMILES string of the molecule is CCCC(O)CNCc1cncn1C1CC1. The van der Waals surface area contributed by atoms with E-state index in [-0.39, 0.29) is 6.10 Å². The van der Waals surface area contributed by atoms with E-state index < -0.39 is 0 Å². The molecule has 0 amide bonds. The quantitative estimate of drug-likeness (QED) is 0.736. The number of hydrogen-bond acceptors (Lipinski definition) is 3. The number of rotatable bonds is 7. The van der Waals surface area contributed by atoms with E-state index in [1.54, 1.807) is 0 Å². The number of imidazole rings is 1. The van der Waals surface area contributed by atoms with E-state index in [0.717, 1.165) is 19.4 Å². The lowest BCUT2D eigenvalue weighted by molar-refractivity contribution is 0.160. The molecule has 4 heteroatoms. The van der Waals surface area contributed by atoms with Crippen molar-refractivity contribution in [1.82, 2.24) is 14.9 Å². The average molecular weight is 223 g/mol. The Morgan fingerprint density at radius 2 is 2.44 bits per heavy atom. The summed E-state index contributed by atoms with van der Waals surface area (Å²) in [5, 5.41) is 12.9. The standard InChI is InChI=1S/C12H21N3O/c1-2-3-12(16)8-13-6-11-7-14-9-15(11)10-4-5-10/h7,9-10,12-13,16H,2-6,8H2,1H3. The molecule has 1 aliphatic carbocycles. The zero-order valence-electron chi connectivity index (χ0n) is 9.89. The van der Waals surface area contributed by atoms with Crippen LogP contribution in [0, 0.1) is 0 Å². The maximum atomic E-state index is 9.58. The van der Waals surface area contributed by atoms with Crippen LogP contribution in [-0.4, -0.2) is 27.3 Å². The summed E-state index contributed by atoms with van der Waals surface area (Å²) in [7, 11) is 0. The maximum absolute atomic E-state index is 9.58. The fourth-order valence-corrected chi connectivity index (χ4v) is 1.95. The van der Waals surface area contributed by atoms with E-state index in [0.29, 0.717) is 12.6 Å². The molecule has 1 aliphatic rings. The van der Waals surface area contributed by atoms with Gasteiger partial charge in [0.25, 0.3) is 0 Å². The fourth-order valence-electron chi connectivity index (χ4n) is 1.95. The number of aliphatic hydroxyl groups is 1. The molecule has 0 aromatic carbocycles. The second-order valence-corrected chi connectivity index (χ2v) is 4.60. The molecule has 0 spiro atoms. The van der Waals surface area contributed by atoms with Crippen molar-refractivity contribution in [3.8, 4) is 0 Å². The summed E-state index contributed by atoms with van der Waals surface area (Å²) >= 11 is 0. The molecule has 16 heavy (non-hydrogen) atoms. The Labute approximate surface area is 96.7 Å². The molecule has 0 aliphatic heterocycles. The number of aliphatic hydroxyl groups excluding tert-OH is 1. The largest absolute Gasteiger partial charge is 0.392 e. The van der Waals surface area contributed by atoms with Gasteiger partial charge in [0.15, 0.2) is 0 Å². The molecule has 0 radical (unpaired) electrons. The zero-order chi connectivity index (χ0) is 11.4. The summed E-state index contributed by atoms with van der Waals surface area (Å²) in [6.45, 7) is 3.56. The van der Waals surface area contributed by atoms with Gasteiger partial charge in [-0.15, -0.1) is 0 Å². The predicted octanol–water partition coefficient (Wildman–Crippen LogP) is 1.47. The monoisotopic (exact) mass is 223 g/mol. The fraction of sp³-hybridized carbons (Fsp3) is 0.750. The van der Waals surface area contributed by atoms with Gasteiger partial charge in [0.1, 0.15) is 0 Å². The van der Waals surface area contributed by atoms with Gasteiger partial charge in [0, 0.05) is 25.3 Å². The highest BCUT2D eigenvalue weighted by atomic mass is 16.3. The lowest BCUT2D eigenvalue weighted by Gasteiger charge is -2.11. The molecule has 4 nitrogen and oxygen atoms in total. The van der Waals surface area contributed by atoms with Crippen LogP contribution in [0.2, 0.25) is 0 Å². The lowest BCUT2D eigenvalue weighted by Crippen LogP contribution is -2.27. The number of nitrogens with zero attached hydrogens (tertiary/aromatic N) is 2. The van der Waals surface area contributed by atoms with E-state index in [1.807, 2.05) is 12.5 Å². The topological polar surface area (TPSA) is 50.1 Å². The Kier molecular flexibility index (Phi) is 3.96. The van der Waals surface area contributed by atoms with Gasteiger partial charge in [-0.25, -0.2) is 4.98 Å². The maximum Gasteiger partial charge on any atom is 0.0951 e. The Balaban J connectivity index is 1.74. The first kappa shape index (κ1) is 11.6. The minimum absolute atomic E-state index is 0.220. The van der Waals surface area contributed by atoms with Crippen LogP contribution in [0.5, 0.6) is 0 Å². The number of aromatic nitrogens is 2. The molecule has 1 aromatic heterocycles. The Hall–Kier alpha value is -0.870. The second kappa shape index (κ2) is 5.46. The van der Waals surface area contributed by atoms with Crippen LogP contribution in [0.1, 0.15) is 44.3 Å². The first-order valence-corrected chi connectivity index (χ1v) is 6.20. The van der Waals surface area contributed by atoms with Crippen molar-refractivity contribution < 1.29 is 5.11 Å².